The van der Waals surface area contributed by atoms with Gasteiger partial charge >= 0.3 is 0 Å². The van der Waals surface area contributed by atoms with Crippen LogP contribution in [0.5, 0.6) is 0 Å². The van der Waals surface area contributed by atoms with Gasteiger partial charge in [0.05, 0.1) is 10.9 Å². The van der Waals surface area contributed by atoms with E-state index in [-0.39, 0.29) is 16.8 Å². The lowest BCUT2D eigenvalue weighted by molar-refractivity contribution is -0.117. The topological polar surface area (TPSA) is 75.3 Å². The van der Waals surface area contributed by atoms with E-state index in [0.717, 1.165) is 25.6 Å². The molecule has 5 nitrogen and oxygen atoms in total. The number of benzene rings is 1. The minimum Gasteiger partial charge on any atom is -0.325 e. The van der Waals surface area contributed by atoms with Gasteiger partial charge < -0.3 is 10.6 Å². The molecule has 1 atom stereocenters. The van der Waals surface area contributed by atoms with Crippen LogP contribution >= 0.6 is 0 Å². The van der Waals surface area contributed by atoms with E-state index in [0.29, 0.717) is 5.69 Å². The summed E-state index contributed by atoms with van der Waals surface area (Å²) < 4.78 is 22.6. The van der Waals surface area contributed by atoms with Crippen molar-refractivity contribution in [1.29, 1.82) is 0 Å². The summed E-state index contributed by atoms with van der Waals surface area (Å²) in [6, 6.07) is 6.05. The molecular weight excluding hydrogens is 252 g/mol. The average Bonchev–Trinajstić information content (AvgIpc) is 2.82. The Balaban J connectivity index is 2.04. The third-order valence-corrected chi connectivity index (χ3v) is 4.06. The van der Waals surface area contributed by atoms with Gasteiger partial charge in [0.15, 0.2) is 9.84 Å². The van der Waals surface area contributed by atoms with Crippen LogP contribution in [0.3, 0.4) is 0 Å². The number of rotatable bonds is 3. The maximum atomic E-state index is 11.8. The highest BCUT2D eigenvalue weighted by atomic mass is 32.2. The Hall–Kier alpha value is -1.40. The Morgan fingerprint density at radius 2 is 2.00 bits per heavy atom. The highest BCUT2D eigenvalue weighted by molar-refractivity contribution is 7.90. The van der Waals surface area contributed by atoms with Crippen LogP contribution in [0.25, 0.3) is 0 Å². The minimum absolute atomic E-state index is 0.0698. The van der Waals surface area contributed by atoms with Gasteiger partial charge in [-0.2, -0.15) is 0 Å². The number of amides is 1. The molecule has 0 unspecified atom stereocenters. The smallest absolute Gasteiger partial charge is 0.241 e. The molecule has 0 aliphatic carbocycles. The Morgan fingerprint density at radius 1 is 1.33 bits per heavy atom. The number of anilines is 1. The molecule has 6 heteroatoms. The second-order valence-corrected chi connectivity index (χ2v) is 6.45. The fraction of sp³-hybridized carbons (Fsp3) is 0.417. The van der Waals surface area contributed by atoms with Crippen LogP contribution in [0, 0.1) is 0 Å². The van der Waals surface area contributed by atoms with Gasteiger partial charge in [-0.1, -0.05) is 0 Å². The van der Waals surface area contributed by atoms with Crippen molar-refractivity contribution in [2.24, 2.45) is 0 Å². The van der Waals surface area contributed by atoms with E-state index in [2.05, 4.69) is 10.6 Å². The fourth-order valence-electron chi connectivity index (χ4n) is 1.92. The number of hydrogen-bond donors (Lipinski definition) is 2. The van der Waals surface area contributed by atoms with Gasteiger partial charge in [-0.15, -0.1) is 0 Å². The molecule has 1 aliphatic rings. The summed E-state index contributed by atoms with van der Waals surface area (Å²) in [7, 11) is -3.19. The van der Waals surface area contributed by atoms with Gasteiger partial charge in [0.1, 0.15) is 0 Å². The summed E-state index contributed by atoms with van der Waals surface area (Å²) in [5.74, 6) is -0.0698. The lowest BCUT2D eigenvalue weighted by Gasteiger charge is -2.11. The van der Waals surface area contributed by atoms with Crippen molar-refractivity contribution in [1.82, 2.24) is 5.32 Å². The summed E-state index contributed by atoms with van der Waals surface area (Å²) in [5, 5.41) is 5.87. The predicted octanol–water partition coefficient (Wildman–Crippen LogP) is 0.781. The summed E-state index contributed by atoms with van der Waals surface area (Å²) in [5.41, 5.74) is 0.612. The van der Waals surface area contributed by atoms with Crippen molar-refractivity contribution in [3.63, 3.8) is 0 Å². The number of carbonyl (C=O) groups is 1. The zero-order valence-electron chi connectivity index (χ0n) is 10.1. The van der Waals surface area contributed by atoms with Gasteiger partial charge in [-0.25, -0.2) is 8.42 Å². The quantitative estimate of drug-likeness (QED) is 0.849. The van der Waals surface area contributed by atoms with Gasteiger partial charge in [-0.05, 0) is 43.7 Å². The molecule has 1 aromatic carbocycles. The van der Waals surface area contributed by atoms with Crippen molar-refractivity contribution < 1.29 is 13.2 Å². The maximum absolute atomic E-state index is 11.8. The molecule has 1 amide bonds. The molecule has 0 bridgehead atoms. The first-order valence-electron chi connectivity index (χ1n) is 5.81. The maximum Gasteiger partial charge on any atom is 0.241 e. The molecule has 1 aliphatic heterocycles. The molecule has 0 saturated carbocycles. The fourth-order valence-corrected chi connectivity index (χ4v) is 2.55. The van der Waals surface area contributed by atoms with Crippen molar-refractivity contribution in [2.75, 3.05) is 18.1 Å². The molecule has 0 spiro atoms. The first-order chi connectivity index (χ1) is 8.47. The zero-order valence-corrected chi connectivity index (χ0v) is 11.0. The molecule has 2 rings (SSSR count). The largest absolute Gasteiger partial charge is 0.325 e. The Morgan fingerprint density at radius 3 is 2.50 bits per heavy atom. The highest BCUT2D eigenvalue weighted by Crippen LogP contribution is 2.15. The van der Waals surface area contributed by atoms with Crippen LogP contribution in [0.15, 0.2) is 29.2 Å². The Labute approximate surface area is 107 Å². The Bertz CT molecular complexity index is 531. The number of nitrogens with one attached hydrogen (secondary N) is 2. The van der Waals surface area contributed by atoms with Crippen molar-refractivity contribution in [2.45, 2.75) is 23.8 Å². The molecule has 98 valence electrons. The second-order valence-electron chi connectivity index (χ2n) is 4.43. The predicted molar refractivity (Wildman–Crippen MR) is 69.2 cm³/mol. The van der Waals surface area contributed by atoms with Gasteiger partial charge in [0, 0.05) is 11.9 Å². The molecule has 1 heterocycles. The van der Waals surface area contributed by atoms with E-state index in [1.807, 2.05) is 0 Å². The van der Waals surface area contributed by atoms with Crippen LogP contribution in [0.2, 0.25) is 0 Å². The number of hydrogen-bond acceptors (Lipinski definition) is 4. The highest BCUT2D eigenvalue weighted by Gasteiger charge is 2.21. The molecular formula is C12H16N2O3S. The normalized spacial score (nSPS) is 19.7. The monoisotopic (exact) mass is 268 g/mol. The van der Waals surface area contributed by atoms with Crippen LogP contribution < -0.4 is 10.6 Å². The first-order valence-corrected chi connectivity index (χ1v) is 7.70. The van der Waals surface area contributed by atoms with Crippen molar-refractivity contribution >= 4 is 21.4 Å². The van der Waals surface area contributed by atoms with Gasteiger partial charge in [-0.3, -0.25) is 4.79 Å². The second kappa shape index (κ2) is 5.07. The molecule has 0 aromatic heterocycles. The lowest BCUT2D eigenvalue weighted by atomic mass is 10.2. The third-order valence-electron chi connectivity index (χ3n) is 2.93. The van der Waals surface area contributed by atoms with Crippen molar-refractivity contribution in [3.05, 3.63) is 24.3 Å². The van der Waals surface area contributed by atoms with E-state index in [9.17, 15) is 13.2 Å². The van der Waals surface area contributed by atoms with Crippen LogP contribution in [0.1, 0.15) is 12.8 Å². The first kappa shape index (κ1) is 13.0. The van der Waals surface area contributed by atoms with E-state index in [1.54, 1.807) is 12.1 Å². The minimum atomic E-state index is -3.19. The SMILES string of the molecule is CS(=O)(=O)c1ccc(NC(=O)[C@H]2CCCN2)cc1. The summed E-state index contributed by atoms with van der Waals surface area (Å²) in [6.07, 6.45) is 3.00. The molecule has 18 heavy (non-hydrogen) atoms. The van der Waals surface area contributed by atoms with E-state index >= 15 is 0 Å². The van der Waals surface area contributed by atoms with Gasteiger partial charge in [0.2, 0.25) is 5.91 Å². The molecule has 2 N–H and O–H groups in total. The van der Waals surface area contributed by atoms with Crippen LogP contribution in [-0.2, 0) is 14.6 Å². The van der Waals surface area contributed by atoms with Crippen molar-refractivity contribution in [3.8, 4) is 0 Å². The molecule has 1 aromatic rings. The average molecular weight is 268 g/mol. The zero-order chi connectivity index (χ0) is 13.2. The molecule has 0 radical (unpaired) electrons. The van der Waals surface area contributed by atoms with E-state index in [4.69, 9.17) is 0 Å². The Kier molecular flexibility index (Phi) is 3.68. The lowest BCUT2D eigenvalue weighted by Crippen LogP contribution is -2.35. The molecule has 1 saturated heterocycles. The number of carbonyl (C=O) groups excluding carboxylic acids is 1. The summed E-state index contributed by atoms with van der Waals surface area (Å²) in [4.78, 5) is 12.1. The summed E-state index contributed by atoms with van der Waals surface area (Å²) in [6.45, 7) is 0.866. The third kappa shape index (κ3) is 3.08. The number of sulfone groups is 1. The van der Waals surface area contributed by atoms with Gasteiger partial charge in [0.25, 0.3) is 0 Å². The van der Waals surface area contributed by atoms with Crippen LogP contribution in [0.4, 0.5) is 5.69 Å². The van der Waals surface area contributed by atoms with E-state index in [1.165, 1.54) is 12.1 Å². The summed E-state index contributed by atoms with van der Waals surface area (Å²) >= 11 is 0. The van der Waals surface area contributed by atoms with Crippen LogP contribution in [-0.4, -0.2) is 33.2 Å². The van der Waals surface area contributed by atoms with E-state index < -0.39 is 9.84 Å². The standard InChI is InChI=1S/C12H16N2O3S/c1-18(16,17)10-6-4-9(5-7-10)14-12(15)11-3-2-8-13-11/h4-7,11,13H,2-3,8H2,1H3,(H,14,15)/t11-/m1/s1. The molecule has 1 fully saturated rings.